The largest absolute Gasteiger partial charge is 0.468 e. The van der Waals surface area contributed by atoms with Crippen LogP contribution in [0.5, 0.6) is 0 Å². The molecular formula is C26H38N4O7. The molecule has 0 saturated heterocycles. The minimum Gasteiger partial charge on any atom is -0.468 e. The second-order valence-electron chi connectivity index (χ2n) is 9.33. The van der Waals surface area contributed by atoms with Crippen LogP contribution in [0.15, 0.2) is 30.8 Å². The van der Waals surface area contributed by atoms with E-state index in [2.05, 4.69) is 21.9 Å². The van der Waals surface area contributed by atoms with E-state index in [0.717, 1.165) is 0 Å². The second-order valence-corrected chi connectivity index (χ2v) is 9.33. The van der Waals surface area contributed by atoms with Gasteiger partial charge in [-0.2, -0.15) is 0 Å². The number of nitrogens with zero attached hydrogens (tertiary/aromatic N) is 1. The first kappa shape index (κ1) is 31.1. The van der Waals surface area contributed by atoms with Crippen molar-refractivity contribution in [3.63, 3.8) is 0 Å². The average Bonchev–Trinajstić information content (AvgIpc) is 2.82. The van der Waals surface area contributed by atoms with Crippen molar-refractivity contribution in [2.75, 3.05) is 20.2 Å². The van der Waals surface area contributed by atoms with Crippen molar-refractivity contribution in [2.24, 2.45) is 5.73 Å². The molecule has 4 amide bonds. The number of hydrogen-bond donors (Lipinski definition) is 3. The fourth-order valence-corrected chi connectivity index (χ4v) is 3.40. The standard InChI is InChI=1S/C26H38N4O7/c1-7-9-13-30(24(34)19(15-20(27)31)29-25(35)37-26(3,4)5)22(23(33)28-16-21(32)36-6)18-12-10-11-17(8-2)14-18/h8,10-12,14,19,22H,2,7,9,13,15-16H2,1,3-6H3,(H2,27,31)(H,28,33)(H,29,35). The monoisotopic (exact) mass is 518 g/mol. The SMILES string of the molecule is C=Cc1cccc(C(C(=O)NCC(=O)OC)N(CCCC)C(=O)C(CC(N)=O)NC(=O)OC(C)(C)C)c1. The minimum absolute atomic E-state index is 0.120. The lowest BCUT2D eigenvalue weighted by molar-refractivity contribution is -0.145. The summed E-state index contributed by atoms with van der Waals surface area (Å²) in [6.45, 7) is 10.3. The van der Waals surface area contributed by atoms with Crippen molar-refractivity contribution in [2.45, 2.75) is 64.6 Å². The van der Waals surface area contributed by atoms with E-state index in [4.69, 9.17) is 10.5 Å². The molecule has 11 nitrogen and oxygen atoms in total. The Kier molecular flexibility index (Phi) is 12.3. The molecule has 204 valence electrons. The third kappa shape index (κ3) is 10.7. The second kappa shape index (κ2) is 14.6. The molecule has 37 heavy (non-hydrogen) atoms. The van der Waals surface area contributed by atoms with Crippen molar-refractivity contribution < 1.29 is 33.4 Å². The van der Waals surface area contributed by atoms with E-state index in [1.807, 2.05) is 6.92 Å². The number of unbranched alkanes of at least 4 members (excludes halogenated alkanes) is 1. The number of hydrogen-bond acceptors (Lipinski definition) is 7. The Bertz CT molecular complexity index is 987. The maximum Gasteiger partial charge on any atom is 0.408 e. The zero-order valence-electron chi connectivity index (χ0n) is 22.2. The van der Waals surface area contributed by atoms with Gasteiger partial charge in [-0.25, -0.2) is 4.79 Å². The summed E-state index contributed by atoms with van der Waals surface area (Å²) in [5, 5.41) is 4.91. The van der Waals surface area contributed by atoms with E-state index in [1.54, 1.807) is 51.1 Å². The summed E-state index contributed by atoms with van der Waals surface area (Å²) in [5.74, 6) is -2.85. The molecule has 2 unspecified atom stereocenters. The van der Waals surface area contributed by atoms with Gasteiger partial charge in [-0.3, -0.25) is 19.2 Å². The molecule has 0 spiro atoms. The van der Waals surface area contributed by atoms with Gasteiger partial charge in [0.1, 0.15) is 24.2 Å². The molecule has 0 bridgehead atoms. The fourth-order valence-electron chi connectivity index (χ4n) is 3.40. The molecule has 0 aliphatic rings. The van der Waals surface area contributed by atoms with Crippen molar-refractivity contribution in [3.05, 3.63) is 42.0 Å². The first-order chi connectivity index (χ1) is 17.3. The van der Waals surface area contributed by atoms with Crippen LogP contribution >= 0.6 is 0 Å². The molecule has 2 atom stereocenters. The van der Waals surface area contributed by atoms with Gasteiger partial charge in [0, 0.05) is 6.54 Å². The summed E-state index contributed by atoms with van der Waals surface area (Å²) in [5.41, 5.74) is 5.66. The predicted octanol–water partition coefficient (Wildman–Crippen LogP) is 2.06. The summed E-state index contributed by atoms with van der Waals surface area (Å²) in [6, 6.07) is 4.24. The van der Waals surface area contributed by atoms with Crippen molar-refractivity contribution in [1.82, 2.24) is 15.5 Å². The summed E-state index contributed by atoms with van der Waals surface area (Å²) in [4.78, 5) is 64.4. The highest BCUT2D eigenvalue weighted by atomic mass is 16.6. The highest BCUT2D eigenvalue weighted by molar-refractivity contribution is 5.95. The Morgan fingerprint density at radius 3 is 2.41 bits per heavy atom. The maximum atomic E-state index is 13.8. The van der Waals surface area contributed by atoms with Crippen molar-refractivity contribution in [1.29, 1.82) is 0 Å². The fraction of sp³-hybridized carbons (Fsp3) is 0.500. The van der Waals surface area contributed by atoms with Gasteiger partial charge in [0.05, 0.1) is 13.5 Å². The molecule has 0 aliphatic carbocycles. The molecule has 0 aliphatic heterocycles. The van der Waals surface area contributed by atoms with E-state index in [1.165, 1.54) is 12.0 Å². The van der Waals surface area contributed by atoms with Crippen molar-refractivity contribution >= 4 is 35.9 Å². The Labute approximate surface area is 217 Å². The Hall–Kier alpha value is -3.89. The summed E-state index contributed by atoms with van der Waals surface area (Å²) in [7, 11) is 1.19. The number of carbonyl (C=O) groups is 5. The molecule has 4 N–H and O–H groups in total. The Morgan fingerprint density at radius 2 is 1.86 bits per heavy atom. The van der Waals surface area contributed by atoms with Gasteiger partial charge in [-0.15, -0.1) is 0 Å². The van der Waals surface area contributed by atoms with Crippen LogP contribution in [0.3, 0.4) is 0 Å². The van der Waals surface area contributed by atoms with E-state index >= 15 is 0 Å². The first-order valence-electron chi connectivity index (χ1n) is 12.0. The molecule has 11 heteroatoms. The first-order valence-corrected chi connectivity index (χ1v) is 12.0. The highest BCUT2D eigenvalue weighted by Crippen LogP contribution is 2.25. The van der Waals surface area contributed by atoms with Gasteiger partial charge in [-0.1, -0.05) is 44.2 Å². The number of primary amides is 1. The lowest BCUT2D eigenvalue weighted by atomic mass is 9.99. The van der Waals surface area contributed by atoms with Crippen LogP contribution < -0.4 is 16.4 Å². The number of esters is 1. The van der Waals surface area contributed by atoms with Crippen LogP contribution in [0.4, 0.5) is 4.79 Å². The quantitative estimate of drug-likeness (QED) is 0.337. The van der Waals surface area contributed by atoms with Gasteiger partial charge in [0.15, 0.2) is 0 Å². The normalized spacial score (nSPS) is 12.5. The molecule has 1 aromatic rings. The van der Waals surface area contributed by atoms with E-state index < -0.39 is 60.4 Å². The van der Waals surface area contributed by atoms with Gasteiger partial charge >= 0.3 is 12.1 Å². The van der Waals surface area contributed by atoms with Gasteiger partial charge in [-0.05, 0) is 44.4 Å². The van der Waals surface area contributed by atoms with Crippen LogP contribution in [0.2, 0.25) is 0 Å². The molecular weight excluding hydrogens is 480 g/mol. The third-order valence-corrected chi connectivity index (χ3v) is 5.09. The van der Waals surface area contributed by atoms with Crippen LogP contribution in [0.25, 0.3) is 6.08 Å². The van der Waals surface area contributed by atoms with Crippen LogP contribution in [-0.4, -0.2) is 66.5 Å². The van der Waals surface area contributed by atoms with E-state index in [-0.39, 0.29) is 6.54 Å². The number of nitrogens with two attached hydrogens (primary N) is 1. The van der Waals surface area contributed by atoms with Gasteiger partial charge in [0.2, 0.25) is 17.7 Å². The third-order valence-electron chi connectivity index (χ3n) is 5.09. The topological polar surface area (TPSA) is 157 Å². The van der Waals surface area contributed by atoms with Gasteiger partial charge < -0.3 is 30.7 Å². The molecule has 0 fully saturated rings. The predicted molar refractivity (Wildman–Crippen MR) is 138 cm³/mol. The van der Waals surface area contributed by atoms with E-state index in [0.29, 0.717) is 24.0 Å². The smallest absolute Gasteiger partial charge is 0.408 e. The lowest BCUT2D eigenvalue weighted by Gasteiger charge is -2.34. The minimum atomic E-state index is -1.39. The summed E-state index contributed by atoms with van der Waals surface area (Å²) >= 11 is 0. The molecule has 1 rings (SSSR count). The van der Waals surface area contributed by atoms with Crippen LogP contribution in [0.1, 0.15) is 64.1 Å². The average molecular weight is 519 g/mol. The Balaban J connectivity index is 3.52. The van der Waals surface area contributed by atoms with Crippen LogP contribution in [0, 0.1) is 0 Å². The highest BCUT2D eigenvalue weighted by Gasteiger charge is 2.37. The number of benzene rings is 1. The molecule has 0 radical (unpaired) electrons. The zero-order valence-corrected chi connectivity index (χ0v) is 22.2. The number of ether oxygens (including phenoxy) is 2. The van der Waals surface area contributed by atoms with Crippen LogP contribution in [-0.2, 0) is 28.7 Å². The number of methoxy groups -OCH3 is 1. The number of amides is 4. The van der Waals surface area contributed by atoms with E-state index in [9.17, 15) is 24.0 Å². The number of rotatable bonds is 13. The number of carbonyl (C=O) groups excluding carboxylic acids is 5. The summed E-state index contributed by atoms with van der Waals surface area (Å²) < 4.78 is 9.85. The summed E-state index contributed by atoms with van der Waals surface area (Å²) in [6.07, 6.45) is 1.37. The molecule has 0 aromatic heterocycles. The maximum absolute atomic E-state index is 13.8. The number of nitrogens with one attached hydrogen (secondary N) is 2. The Morgan fingerprint density at radius 1 is 1.19 bits per heavy atom. The zero-order chi connectivity index (χ0) is 28.2. The number of alkyl carbamates (subject to hydrolysis) is 1. The van der Waals surface area contributed by atoms with Crippen molar-refractivity contribution in [3.8, 4) is 0 Å². The molecule has 0 heterocycles. The lowest BCUT2D eigenvalue weighted by Crippen LogP contribution is -2.54. The molecule has 1 aromatic carbocycles. The van der Waals surface area contributed by atoms with Gasteiger partial charge in [0.25, 0.3) is 0 Å². The molecule has 0 saturated carbocycles.